The molecule has 7 aromatic rings. The van der Waals surface area contributed by atoms with Crippen molar-refractivity contribution in [3.8, 4) is 56.1 Å². The number of carboxylic acids is 1. The smallest absolute Gasteiger partial charge is 0.345 e. The number of likely N-dealkylation sites (N-methyl/N-ethyl adjacent to an activating group) is 1. The monoisotopic (exact) mass is 1020 g/mol. The lowest BCUT2D eigenvalue weighted by Crippen LogP contribution is -2.49. The zero-order chi connectivity index (χ0) is 50.0. The summed E-state index contributed by atoms with van der Waals surface area (Å²) >= 11 is 8.63. The van der Waals surface area contributed by atoms with Gasteiger partial charge in [-0.2, -0.15) is 0 Å². The molecule has 3 aromatic heterocycles. The Hall–Kier alpha value is -6.01. The number of carboxylic acid groups (broad SMARTS) is 1. The number of thiophene rings is 1. The van der Waals surface area contributed by atoms with Crippen molar-refractivity contribution in [1.82, 2.24) is 29.7 Å². The minimum absolute atomic E-state index is 0.0526. The van der Waals surface area contributed by atoms with Crippen molar-refractivity contribution < 1.29 is 37.7 Å². The quantitative estimate of drug-likeness (QED) is 0.123. The van der Waals surface area contributed by atoms with E-state index in [1.54, 1.807) is 42.6 Å². The molecule has 3 aliphatic heterocycles. The lowest BCUT2D eigenvalue weighted by Gasteiger charge is -2.36. The molecule has 4 bridgehead atoms. The molecular formula is C54H58ClFN6O7SSi. The summed E-state index contributed by atoms with van der Waals surface area (Å²) in [4.78, 5) is 38.1. The van der Waals surface area contributed by atoms with Gasteiger partial charge in [0.1, 0.15) is 53.5 Å². The van der Waals surface area contributed by atoms with Crippen molar-refractivity contribution in [3.05, 3.63) is 131 Å². The second-order valence-electron chi connectivity index (χ2n) is 19.7. The molecule has 6 heterocycles. The summed E-state index contributed by atoms with van der Waals surface area (Å²) in [5, 5.41) is 11.9. The lowest BCUT2D eigenvalue weighted by molar-refractivity contribution is -0.145. The van der Waals surface area contributed by atoms with Crippen LogP contribution >= 0.6 is 22.9 Å². The largest absolute Gasteiger partial charge is 0.490 e. The zero-order valence-electron chi connectivity index (χ0n) is 41.0. The zero-order valence-corrected chi connectivity index (χ0v) is 43.6. The van der Waals surface area contributed by atoms with E-state index < -0.39 is 26.5 Å². The van der Waals surface area contributed by atoms with Gasteiger partial charge in [-0.1, -0.05) is 74.8 Å². The number of nitrogens with zero attached hydrogens (tertiary/aromatic N) is 6. The maximum atomic E-state index is 14.3. The minimum atomic E-state index is -2.04. The number of hydrogen-bond acceptors (Lipinski definition) is 13. The molecule has 0 amide bonds. The van der Waals surface area contributed by atoms with Crippen molar-refractivity contribution in [2.75, 3.05) is 46.4 Å². The van der Waals surface area contributed by atoms with E-state index in [9.17, 15) is 14.3 Å². The number of aromatic nitrogens is 4. The lowest BCUT2D eigenvalue weighted by atomic mass is 9.96. The predicted molar refractivity (Wildman–Crippen MR) is 278 cm³/mol. The van der Waals surface area contributed by atoms with Crippen molar-refractivity contribution in [2.45, 2.75) is 77.7 Å². The third-order valence-corrected chi connectivity index (χ3v) is 19.8. The van der Waals surface area contributed by atoms with E-state index in [4.69, 9.17) is 40.0 Å². The Morgan fingerprint density at radius 1 is 0.944 bits per heavy atom. The van der Waals surface area contributed by atoms with Gasteiger partial charge in [-0.25, -0.2) is 29.1 Å². The highest BCUT2D eigenvalue weighted by atomic mass is 35.5. The Bertz CT molecular complexity index is 3050. The fourth-order valence-electron chi connectivity index (χ4n) is 8.45. The van der Waals surface area contributed by atoms with Gasteiger partial charge in [0.05, 0.1) is 22.7 Å². The molecule has 0 unspecified atom stereocenters. The first-order valence-corrected chi connectivity index (χ1v) is 27.8. The van der Waals surface area contributed by atoms with Crippen LogP contribution < -0.4 is 18.9 Å². The Balaban J connectivity index is 1.09. The standard InChI is InChI=1S/C54H58ClFN6O7SSi/c1-33-41-17-19-44(48(33)55)68-40(28-62-24-22-61(5)23-25-62)31-65-39-16-18-43(66-30-38-20-21-57-50(60-38)42-11-9-8-10-35(42)29-67-71(6,7)54(2,3)4)36(26-39)27-45(53(63)64)69-51-47-46(41)49(70-52(47)59-32-58-51)34-12-14-37(56)15-13-34/h8-21,26,32,40,45H,22-25,27-31H2,1-7H3,(H,63,64)/t40-,45-/m1/s1. The molecular weight excluding hydrogens is 959 g/mol. The molecule has 17 heteroatoms. The number of benzene rings is 4. The van der Waals surface area contributed by atoms with Crippen molar-refractivity contribution in [2.24, 2.45) is 0 Å². The fourth-order valence-corrected chi connectivity index (χ4v) is 10.8. The molecule has 4 aromatic carbocycles. The first-order valence-electron chi connectivity index (χ1n) is 23.7. The third kappa shape index (κ3) is 11.2. The van der Waals surface area contributed by atoms with Crippen LogP contribution in [0.25, 0.3) is 43.2 Å². The summed E-state index contributed by atoms with van der Waals surface area (Å²) in [7, 11) is 0.0789. The maximum Gasteiger partial charge on any atom is 0.345 e. The number of rotatable bonds is 11. The molecule has 0 radical (unpaired) electrons. The van der Waals surface area contributed by atoms with Gasteiger partial charge in [0.15, 0.2) is 14.1 Å². The van der Waals surface area contributed by atoms with Crippen LogP contribution in [0.1, 0.15) is 43.2 Å². The number of halogens is 2. The second kappa shape index (κ2) is 21.0. The van der Waals surface area contributed by atoms with E-state index in [0.29, 0.717) is 73.8 Å². The van der Waals surface area contributed by atoms with E-state index in [2.05, 4.69) is 65.7 Å². The molecule has 0 spiro atoms. The van der Waals surface area contributed by atoms with E-state index in [0.717, 1.165) is 53.3 Å². The molecule has 1 fully saturated rings. The van der Waals surface area contributed by atoms with E-state index in [1.165, 1.54) is 29.8 Å². The number of piperazine rings is 1. The number of fused-ring (bicyclic) bond motifs is 7. The topological polar surface area (TPSA) is 141 Å². The van der Waals surface area contributed by atoms with Crippen LogP contribution in [0.15, 0.2) is 97.5 Å². The Kier molecular flexibility index (Phi) is 14.8. The van der Waals surface area contributed by atoms with E-state index in [1.807, 2.05) is 43.3 Å². The summed E-state index contributed by atoms with van der Waals surface area (Å²) in [6.45, 7) is 17.8. The number of hydrogen-bond donors (Lipinski definition) is 1. The van der Waals surface area contributed by atoms with E-state index >= 15 is 0 Å². The minimum Gasteiger partial charge on any atom is -0.490 e. The molecule has 10 rings (SSSR count). The van der Waals surface area contributed by atoms with Crippen molar-refractivity contribution in [1.29, 1.82) is 0 Å². The highest BCUT2D eigenvalue weighted by Crippen LogP contribution is 2.50. The van der Waals surface area contributed by atoms with Gasteiger partial charge in [0, 0.05) is 66.9 Å². The molecule has 2 atom stereocenters. The van der Waals surface area contributed by atoms with Crippen molar-refractivity contribution >= 4 is 47.4 Å². The van der Waals surface area contributed by atoms with Gasteiger partial charge in [-0.05, 0) is 96.8 Å². The fraction of sp³-hybridized carbons (Fsp3) is 0.352. The van der Waals surface area contributed by atoms with Crippen molar-refractivity contribution in [3.63, 3.8) is 0 Å². The molecule has 0 aliphatic carbocycles. The molecule has 1 saturated heterocycles. The van der Waals surface area contributed by atoms with Crippen LogP contribution in [0, 0.1) is 12.7 Å². The maximum absolute atomic E-state index is 14.3. The molecule has 3 aliphatic rings. The number of aliphatic carboxylic acids is 1. The summed E-state index contributed by atoms with van der Waals surface area (Å²) in [5.74, 6) is 0.398. The summed E-state index contributed by atoms with van der Waals surface area (Å²) < 4.78 is 47.3. The highest BCUT2D eigenvalue weighted by molar-refractivity contribution is 7.22. The van der Waals surface area contributed by atoms with Gasteiger partial charge in [-0.15, -0.1) is 11.3 Å². The molecule has 0 saturated carbocycles. The van der Waals surface area contributed by atoms with Gasteiger partial charge in [0.25, 0.3) is 0 Å². The van der Waals surface area contributed by atoms with Gasteiger partial charge < -0.3 is 33.4 Å². The van der Waals surface area contributed by atoms with Crippen LogP contribution in [-0.2, 0) is 28.9 Å². The summed E-state index contributed by atoms with van der Waals surface area (Å²) in [5.41, 5.74) is 5.84. The number of ether oxygens (including phenoxy) is 4. The van der Waals surface area contributed by atoms with Crippen LogP contribution in [0.5, 0.6) is 23.1 Å². The van der Waals surface area contributed by atoms with Gasteiger partial charge >= 0.3 is 5.97 Å². The van der Waals surface area contributed by atoms with E-state index in [-0.39, 0.29) is 36.4 Å². The Morgan fingerprint density at radius 3 is 2.48 bits per heavy atom. The predicted octanol–water partition coefficient (Wildman–Crippen LogP) is 11.1. The summed E-state index contributed by atoms with van der Waals surface area (Å²) in [6.07, 6.45) is 1.04. The first kappa shape index (κ1) is 49.9. The first-order chi connectivity index (χ1) is 34.0. The average molecular weight is 1020 g/mol. The molecule has 13 nitrogen and oxygen atoms in total. The second-order valence-corrected chi connectivity index (χ2v) is 25.8. The SMILES string of the molecule is Cc1c2ccc(c1Cl)O[C@H](CN1CCN(C)CC1)COc1ccc(OCc3ccnc(-c4ccccc4CO[Si](C)(C)C(C)(C)C)n3)c(c1)C[C@H](C(=O)O)Oc1ncnc3sc(-c4ccc(F)cc4)c-2c13. The summed E-state index contributed by atoms with van der Waals surface area (Å²) in [6, 6.07) is 25.1. The molecule has 1 N–H and O–H groups in total. The third-order valence-electron chi connectivity index (χ3n) is 13.7. The van der Waals surface area contributed by atoms with Crippen LogP contribution in [0.4, 0.5) is 4.39 Å². The highest BCUT2D eigenvalue weighted by Gasteiger charge is 2.37. The van der Waals surface area contributed by atoms with Crippen LogP contribution in [0.3, 0.4) is 0 Å². The van der Waals surface area contributed by atoms with Gasteiger partial charge in [0.2, 0.25) is 12.0 Å². The normalized spacial score (nSPS) is 17.0. The van der Waals surface area contributed by atoms with Crippen LogP contribution in [0.2, 0.25) is 23.2 Å². The number of carbonyl (C=O) groups is 1. The van der Waals surface area contributed by atoms with Gasteiger partial charge in [-0.3, -0.25) is 4.90 Å². The molecule has 71 heavy (non-hydrogen) atoms. The average Bonchev–Trinajstić information content (AvgIpc) is 3.74. The van der Waals surface area contributed by atoms with Crippen LogP contribution in [-0.4, -0.2) is 108 Å². The Morgan fingerprint density at radius 2 is 1.72 bits per heavy atom. The molecule has 370 valence electrons. The Labute approximate surface area is 423 Å².